The summed E-state index contributed by atoms with van der Waals surface area (Å²) in [7, 11) is 0. The van der Waals surface area contributed by atoms with Gasteiger partial charge in [0.25, 0.3) is 5.91 Å². The minimum Gasteiger partial charge on any atom is -0.508 e. The molecule has 1 unspecified atom stereocenters. The summed E-state index contributed by atoms with van der Waals surface area (Å²) in [6.07, 6.45) is 3.17. The predicted molar refractivity (Wildman–Crippen MR) is 205 cm³/mol. The van der Waals surface area contributed by atoms with Gasteiger partial charge in [-0.3, -0.25) is 29.4 Å². The first-order chi connectivity index (χ1) is 26.7. The van der Waals surface area contributed by atoms with Crippen LogP contribution >= 0.6 is 0 Å². The Hall–Kier alpha value is -5.81. The van der Waals surface area contributed by atoms with E-state index in [1.165, 1.54) is 17.7 Å². The molecule has 0 radical (unpaired) electrons. The molecule has 11 heteroatoms. The second-order valence-electron chi connectivity index (χ2n) is 15.3. The van der Waals surface area contributed by atoms with Crippen molar-refractivity contribution in [3.8, 4) is 5.75 Å². The number of fused-ring (bicyclic) bond motifs is 3. The van der Waals surface area contributed by atoms with E-state index in [4.69, 9.17) is 0 Å². The molecule has 9 rings (SSSR count). The second-order valence-corrected chi connectivity index (χ2v) is 15.3. The Labute approximate surface area is 318 Å². The van der Waals surface area contributed by atoms with Gasteiger partial charge in [0.1, 0.15) is 17.6 Å². The quantitative estimate of drug-likeness (QED) is 0.260. The fraction of sp³-hybridized carbons (Fsp3) is 0.318. The van der Waals surface area contributed by atoms with Crippen LogP contribution < -0.4 is 10.2 Å². The summed E-state index contributed by atoms with van der Waals surface area (Å²) < 4.78 is 13.9. The molecular formula is C44H42FN5O5. The molecule has 4 aliphatic heterocycles. The molecule has 0 spiro atoms. The number of hydrogen-bond acceptors (Lipinski definition) is 7. The smallest absolute Gasteiger partial charge is 0.255 e. The van der Waals surface area contributed by atoms with Crippen molar-refractivity contribution in [2.24, 2.45) is 0 Å². The van der Waals surface area contributed by atoms with Crippen molar-refractivity contribution < 1.29 is 28.7 Å². The van der Waals surface area contributed by atoms with Crippen molar-refractivity contribution in [1.82, 2.24) is 20.0 Å². The number of piperidine rings is 1. The molecule has 1 aliphatic carbocycles. The highest BCUT2D eigenvalue weighted by atomic mass is 19.1. The molecule has 2 saturated heterocycles. The van der Waals surface area contributed by atoms with E-state index in [2.05, 4.69) is 39.4 Å². The van der Waals surface area contributed by atoms with Gasteiger partial charge in [0, 0.05) is 63.5 Å². The Kier molecular flexibility index (Phi) is 8.96. The maximum absolute atomic E-state index is 13.9. The summed E-state index contributed by atoms with van der Waals surface area (Å²) in [4.78, 5) is 58.9. The number of amides is 4. The monoisotopic (exact) mass is 739 g/mol. The Morgan fingerprint density at radius 1 is 0.745 bits per heavy atom. The Balaban J connectivity index is 0.834. The summed E-state index contributed by atoms with van der Waals surface area (Å²) >= 11 is 0. The molecule has 4 amide bonds. The van der Waals surface area contributed by atoms with Crippen LogP contribution in [0.4, 0.5) is 10.1 Å². The Morgan fingerprint density at radius 3 is 2.22 bits per heavy atom. The highest BCUT2D eigenvalue weighted by Crippen LogP contribution is 2.41. The standard InChI is InChI=1S/C44H42FN5O5/c45-33-8-4-27(5-9-33)36-3-1-2-29-21-35(51)12-13-37(29)42(36)28-6-10-34(11-7-28)48-18-16-47(17-19-48)26-41(53)49-23-30-20-32-25-50(39-14-15-40(52)46-43(39)54)44(55)38(32)22-31(30)24-49/h4-13,20-22,39,51H,1-3,14-19,23-26H2,(H,46,52,54). The number of piperazine rings is 1. The van der Waals surface area contributed by atoms with Crippen molar-refractivity contribution in [2.45, 2.75) is 57.8 Å². The number of aryl methyl sites for hydroxylation is 1. The summed E-state index contributed by atoms with van der Waals surface area (Å²) in [6, 6.07) is 24.2. The van der Waals surface area contributed by atoms with Crippen LogP contribution in [0.2, 0.25) is 0 Å². The third kappa shape index (κ3) is 6.67. The van der Waals surface area contributed by atoms with Gasteiger partial charge in [-0.1, -0.05) is 36.4 Å². The summed E-state index contributed by atoms with van der Waals surface area (Å²) in [6.45, 7) is 4.68. The number of carbonyl (C=O) groups excluding carboxylic acids is 4. The first kappa shape index (κ1) is 34.9. The third-order valence-corrected chi connectivity index (χ3v) is 11.9. The molecule has 0 saturated carbocycles. The average Bonchev–Trinajstić information content (AvgIpc) is 3.68. The highest BCUT2D eigenvalue weighted by molar-refractivity contribution is 6.05. The van der Waals surface area contributed by atoms with Gasteiger partial charge in [-0.05, 0) is 118 Å². The van der Waals surface area contributed by atoms with Crippen molar-refractivity contribution in [3.05, 3.63) is 129 Å². The first-order valence-electron chi connectivity index (χ1n) is 19.1. The van der Waals surface area contributed by atoms with Crippen LogP contribution in [0.5, 0.6) is 5.75 Å². The van der Waals surface area contributed by atoms with Gasteiger partial charge in [-0.2, -0.15) is 0 Å². The molecule has 2 N–H and O–H groups in total. The molecule has 1 atom stereocenters. The maximum atomic E-state index is 13.9. The number of phenolic OH excluding ortho intramolecular Hbond substituents is 1. The van der Waals surface area contributed by atoms with Crippen LogP contribution in [-0.2, 0) is 40.4 Å². The van der Waals surface area contributed by atoms with Gasteiger partial charge in [0.05, 0.1) is 6.54 Å². The number of carbonyl (C=O) groups is 4. The molecule has 5 aliphatic rings. The molecular weight excluding hydrogens is 698 g/mol. The van der Waals surface area contributed by atoms with Crippen LogP contribution in [0.25, 0.3) is 11.1 Å². The molecule has 10 nitrogen and oxygen atoms in total. The zero-order chi connectivity index (χ0) is 37.8. The van der Waals surface area contributed by atoms with Crippen LogP contribution in [0, 0.1) is 5.82 Å². The lowest BCUT2D eigenvalue weighted by molar-refractivity contribution is -0.137. The number of hydrogen-bond donors (Lipinski definition) is 2. The topological polar surface area (TPSA) is 114 Å². The van der Waals surface area contributed by atoms with E-state index in [0.29, 0.717) is 38.2 Å². The number of aromatic hydroxyl groups is 1. The number of imide groups is 1. The van der Waals surface area contributed by atoms with Gasteiger partial charge in [-0.25, -0.2) is 4.39 Å². The number of nitrogens with zero attached hydrogens (tertiary/aromatic N) is 4. The average molecular weight is 740 g/mol. The molecule has 0 bridgehead atoms. The number of rotatable bonds is 6. The Morgan fingerprint density at radius 2 is 1.47 bits per heavy atom. The van der Waals surface area contributed by atoms with Gasteiger partial charge in [-0.15, -0.1) is 0 Å². The van der Waals surface area contributed by atoms with E-state index in [-0.39, 0.29) is 35.7 Å². The van der Waals surface area contributed by atoms with E-state index < -0.39 is 11.9 Å². The number of anilines is 1. The molecule has 0 aromatic heterocycles. The lowest BCUT2D eigenvalue weighted by atomic mass is 9.87. The van der Waals surface area contributed by atoms with Crippen molar-refractivity contribution >= 4 is 40.5 Å². The van der Waals surface area contributed by atoms with Crippen molar-refractivity contribution in [2.75, 3.05) is 37.6 Å². The zero-order valence-electron chi connectivity index (χ0n) is 30.5. The fourth-order valence-electron chi connectivity index (χ4n) is 8.99. The second kappa shape index (κ2) is 14.1. The van der Waals surface area contributed by atoms with Gasteiger partial charge < -0.3 is 19.8 Å². The first-order valence-corrected chi connectivity index (χ1v) is 19.1. The van der Waals surface area contributed by atoms with Crippen LogP contribution in [0.1, 0.15) is 75.0 Å². The number of phenols is 1. The predicted octanol–water partition coefficient (Wildman–Crippen LogP) is 5.25. The zero-order valence-corrected chi connectivity index (χ0v) is 30.5. The van der Waals surface area contributed by atoms with E-state index >= 15 is 0 Å². The molecule has 4 aromatic carbocycles. The van der Waals surface area contributed by atoms with Crippen LogP contribution in [0.15, 0.2) is 78.9 Å². The van der Waals surface area contributed by atoms with Crippen molar-refractivity contribution in [1.29, 1.82) is 0 Å². The summed E-state index contributed by atoms with van der Waals surface area (Å²) in [5.41, 5.74) is 11.1. The fourth-order valence-corrected chi connectivity index (χ4v) is 8.99. The number of halogens is 1. The SMILES string of the molecule is O=C1CCC(N2Cc3cc4c(cc3C2=O)CN(C(=O)CN2CCN(c3ccc(C5=C(c6ccc(F)cc6)CCCc6cc(O)ccc65)cc3)CC2)C4)C(=O)N1. The normalized spacial score (nSPS) is 20.0. The number of allylic oxidation sites excluding steroid dienone is 1. The van der Waals surface area contributed by atoms with Crippen LogP contribution in [-0.4, -0.2) is 82.2 Å². The van der Waals surface area contributed by atoms with E-state index in [1.54, 1.807) is 11.0 Å². The molecule has 4 aromatic rings. The molecule has 4 heterocycles. The van der Waals surface area contributed by atoms with Gasteiger partial charge >= 0.3 is 0 Å². The highest BCUT2D eigenvalue weighted by Gasteiger charge is 2.40. The van der Waals surface area contributed by atoms with E-state index in [9.17, 15) is 28.7 Å². The minimum absolute atomic E-state index is 0.0629. The third-order valence-electron chi connectivity index (χ3n) is 11.9. The molecule has 55 heavy (non-hydrogen) atoms. The summed E-state index contributed by atoms with van der Waals surface area (Å²) in [5.74, 6) is -0.868. The van der Waals surface area contributed by atoms with E-state index in [1.807, 2.05) is 41.3 Å². The van der Waals surface area contributed by atoms with Gasteiger partial charge in [0.15, 0.2) is 0 Å². The largest absolute Gasteiger partial charge is 0.508 e. The van der Waals surface area contributed by atoms with Crippen LogP contribution in [0.3, 0.4) is 0 Å². The minimum atomic E-state index is -0.647. The summed E-state index contributed by atoms with van der Waals surface area (Å²) in [5, 5.41) is 12.6. The molecule has 280 valence electrons. The van der Waals surface area contributed by atoms with Crippen molar-refractivity contribution in [3.63, 3.8) is 0 Å². The van der Waals surface area contributed by atoms with Gasteiger partial charge in [0.2, 0.25) is 17.7 Å². The molecule has 2 fully saturated rings. The maximum Gasteiger partial charge on any atom is 0.255 e. The Bertz CT molecular complexity index is 2260. The number of nitrogens with one attached hydrogen (secondary N) is 1. The lowest BCUT2D eigenvalue weighted by Crippen LogP contribution is -2.52. The lowest BCUT2D eigenvalue weighted by Gasteiger charge is -2.36. The number of benzene rings is 4. The van der Waals surface area contributed by atoms with E-state index in [0.717, 1.165) is 95.6 Å².